The van der Waals surface area contributed by atoms with E-state index in [9.17, 15) is 13.6 Å². The summed E-state index contributed by atoms with van der Waals surface area (Å²) in [5, 5.41) is 0. The van der Waals surface area contributed by atoms with E-state index in [1.165, 1.54) is 26.2 Å². The van der Waals surface area contributed by atoms with Crippen molar-refractivity contribution in [1.29, 1.82) is 0 Å². The second-order valence-electron chi connectivity index (χ2n) is 4.67. The molecule has 0 amide bonds. The molecule has 110 valence electrons. The molecule has 0 spiro atoms. The van der Waals surface area contributed by atoms with Gasteiger partial charge in [-0.1, -0.05) is 49.4 Å². The molecule has 0 bridgehead atoms. The maximum Gasteiger partial charge on any atom is 0.338 e. The predicted octanol–water partition coefficient (Wildman–Crippen LogP) is 4.64. The van der Waals surface area contributed by atoms with Crippen LogP contribution in [0.4, 0.5) is 8.78 Å². The Hall–Kier alpha value is -2.23. The number of carbonyl (C=O) groups is 1. The molecule has 0 unspecified atom stereocenters. The van der Waals surface area contributed by atoms with Crippen LogP contribution in [0.5, 0.6) is 0 Å². The van der Waals surface area contributed by atoms with Crippen molar-refractivity contribution in [1.82, 2.24) is 0 Å². The SMILES string of the molecule is CCC(F)(F)c1ccc(-c2ccccc2C(=O)OC)cc1. The molecule has 0 aromatic heterocycles. The van der Waals surface area contributed by atoms with Gasteiger partial charge in [0.25, 0.3) is 5.92 Å². The van der Waals surface area contributed by atoms with E-state index < -0.39 is 11.9 Å². The number of halogens is 2. The Kier molecular flexibility index (Phi) is 4.36. The minimum atomic E-state index is -2.83. The molecule has 0 aliphatic carbocycles. The van der Waals surface area contributed by atoms with Crippen LogP contribution in [0.2, 0.25) is 0 Å². The number of rotatable bonds is 4. The van der Waals surface area contributed by atoms with Crippen LogP contribution in [0.1, 0.15) is 29.3 Å². The van der Waals surface area contributed by atoms with Gasteiger partial charge in [0.1, 0.15) is 0 Å². The molecule has 0 atom stereocenters. The van der Waals surface area contributed by atoms with Crippen molar-refractivity contribution in [3.05, 3.63) is 59.7 Å². The minimum absolute atomic E-state index is 0.0238. The van der Waals surface area contributed by atoms with E-state index in [1.807, 2.05) is 0 Å². The van der Waals surface area contributed by atoms with Gasteiger partial charge in [0.05, 0.1) is 12.7 Å². The van der Waals surface area contributed by atoms with Crippen LogP contribution in [0.3, 0.4) is 0 Å². The number of ether oxygens (including phenoxy) is 1. The lowest BCUT2D eigenvalue weighted by atomic mass is 9.97. The number of methoxy groups -OCH3 is 1. The number of benzene rings is 2. The van der Waals surface area contributed by atoms with E-state index in [2.05, 4.69) is 0 Å². The summed E-state index contributed by atoms with van der Waals surface area (Å²) in [5.74, 6) is -3.28. The number of hydrogen-bond acceptors (Lipinski definition) is 2. The lowest BCUT2D eigenvalue weighted by Crippen LogP contribution is -2.11. The standard InChI is InChI=1S/C17H16F2O2/c1-3-17(18,19)13-10-8-12(9-11-13)14-6-4-5-7-15(14)16(20)21-2/h4-11H,3H2,1-2H3. The molecule has 2 aromatic carbocycles. The third-order valence-electron chi connectivity index (χ3n) is 3.39. The summed E-state index contributed by atoms with van der Waals surface area (Å²) in [4.78, 5) is 11.7. The molecule has 0 saturated heterocycles. The summed E-state index contributed by atoms with van der Waals surface area (Å²) in [6, 6.07) is 12.9. The Bertz CT molecular complexity index is 633. The summed E-state index contributed by atoms with van der Waals surface area (Å²) in [6.45, 7) is 1.44. The normalized spacial score (nSPS) is 11.2. The van der Waals surface area contributed by atoms with Crippen LogP contribution in [0, 0.1) is 0 Å². The molecule has 4 heteroatoms. The van der Waals surface area contributed by atoms with Crippen molar-refractivity contribution >= 4 is 5.97 Å². The summed E-state index contributed by atoms with van der Waals surface area (Å²) < 4.78 is 31.9. The van der Waals surface area contributed by atoms with Gasteiger partial charge in [-0.2, -0.15) is 0 Å². The van der Waals surface area contributed by atoms with Crippen LogP contribution < -0.4 is 0 Å². The second-order valence-corrected chi connectivity index (χ2v) is 4.67. The Morgan fingerprint density at radius 3 is 2.29 bits per heavy atom. The molecule has 0 aliphatic heterocycles. The smallest absolute Gasteiger partial charge is 0.338 e. The van der Waals surface area contributed by atoms with Gasteiger partial charge in [-0.25, -0.2) is 13.6 Å². The molecule has 2 nitrogen and oxygen atoms in total. The van der Waals surface area contributed by atoms with E-state index in [0.29, 0.717) is 16.7 Å². The average Bonchev–Trinajstić information content (AvgIpc) is 2.54. The fourth-order valence-electron chi connectivity index (χ4n) is 2.12. The Balaban J connectivity index is 2.42. The highest BCUT2D eigenvalue weighted by atomic mass is 19.3. The number of esters is 1. The molecular weight excluding hydrogens is 274 g/mol. The zero-order valence-corrected chi connectivity index (χ0v) is 11.9. The van der Waals surface area contributed by atoms with E-state index in [0.717, 1.165) is 0 Å². The summed E-state index contributed by atoms with van der Waals surface area (Å²) in [7, 11) is 1.31. The first-order chi connectivity index (χ1) is 9.99. The van der Waals surface area contributed by atoms with Crippen molar-refractivity contribution in [2.75, 3.05) is 7.11 Å². The monoisotopic (exact) mass is 290 g/mol. The second kappa shape index (κ2) is 6.04. The van der Waals surface area contributed by atoms with Crippen LogP contribution >= 0.6 is 0 Å². The molecule has 0 aliphatic rings. The molecule has 2 rings (SSSR count). The molecule has 0 radical (unpaired) electrons. The first-order valence-electron chi connectivity index (χ1n) is 6.65. The number of hydrogen-bond donors (Lipinski definition) is 0. The molecule has 21 heavy (non-hydrogen) atoms. The Labute approximate surface area is 122 Å². The lowest BCUT2D eigenvalue weighted by molar-refractivity contribution is -0.00827. The summed E-state index contributed by atoms with van der Waals surface area (Å²) in [5.41, 5.74) is 1.75. The molecular formula is C17H16F2O2. The minimum Gasteiger partial charge on any atom is -0.465 e. The number of alkyl halides is 2. The molecule has 0 heterocycles. The highest BCUT2D eigenvalue weighted by Crippen LogP contribution is 2.33. The van der Waals surface area contributed by atoms with Gasteiger partial charge in [-0.15, -0.1) is 0 Å². The predicted molar refractivity (Wildman–Crippen MR) is 77.4 cm³/mol. The summed E-state index contributed by atoms with van der Waals surface area (Å²) >= 11 is 0. The van der Waals surface area contributed by atoms with Crippen molar-refractivity contribution in [2.24, 2.45) is 0 Å². The molecule has 0 fully saturated rings. The zero-order valence-electron chi connectivity index (χ0n) is 11.9. The zero-order chi connectivity index (χ0) is 15.5. The molecule has 0 saturated carbocycles. The Morgan fingerprint density at radius 1 is 1.10 bits per heavy atom. The number of carbonyl (C=O) groups excluding carboxylic acids is 1. The topological polar surface area (TPSA) is 26.3 Å². The lowest BCUT2D eigenvalue weighted by Gasteiger charge is -2.15. The van der Waals surface area contributed by atoms with Crippen molar-refractivity contribution in [2.45, 2.75) is 19.3 Å². The highest BCUT2D eigenvalue weighted by Gasteiger charge is 2.28. The van der Waals surface area contributed by atoms with Gasteiger partial charge in [0.2, 0.25) is 0 Å². The average molecular weight is 290 g/mol. The van der Waals surface area contributed by atoms with Gasteiger partial charge in [-0.05, 0) is 17.2 Å². The largest absolute Gasteiger partial charge is 0.465 e. The van der Waals surface area contributed by atoms with Crippen molar-refractivity contribution in [3.63, 3.8) is 0 Å². The fraction of sp³-hybridized carbons (Fsp3) is 0.235. The van der Waals surface area contributed by atoms with Crippen molar-refractivity contribution < 1.29 is 18.3 Å². The van der Waals surface area contributed by atoms with Crippen LogP contribution in [-0.4, -0.2) is 13.1 Å². The van der Waals surface area contributed by atoms with Crippen LogP contribution in [-0.2, 0) is 10.7 Å². The molecule has 0 N–H and O–H groups in total. The van der Waals surface area contributed by atoms with Crippen LogP contribution in [0.15, 0.2) is 48.5 Å². The van der Waals surface area contributed by atoms with E-state index in [-0.39, 0.29) is 12.0 Å². The van der Waals surface area contributed by atoms with Gasteiger partial charge in [0, 0.05) is 12.0 Å². The first-order valence-corrected chi connectivity index (χ1v) is 6.65. The van der Waals surface area contributed by atoms with E-state index >= 15 is 0 Å². The van der Waals surface area contributed by atoms with E-state index in [1.54, 1.807) is 36.4 Å². The maximum atomic E-state index is 13.6. The third-order valence-corrected chi connectivity index (χ3v) is 3.39. The quantitative estimate of drug-likeness (QED) is 0.767. The third kappa shape index (κ3) is 3.10. The fourth-order valence-corrected chi connectivity index (χ4v) is 2.12. The van der Waals surface area contributed by atoms with E-state index in [4.69, 9.17) is 4.74 Å². The van der Waals surface area contributed by atoms with Gasteiger partial charge < -0.3 is 4.74 Å². The van der Waals surface area contributed by atoms with Gasteiger partial charge in [0.15, 0.2) is 0 Å². The maximum absolute atomic E-state index is 13.6. The van der Waals surface area contributed by atoms with Crippen LogP contribution in [0.25, 0.3) is 11.1 Å². The highest BCUT2D eigenvalue weighted by molar-refractivity contribution is 5.97. The first kappa shape index (κ1) is 15.2. The van der Waals surface area contributed by atoms with Gasteiger partial charge in [-0.3, -0.25) is 0 Å². The summed E-state index contributed by atoms with van der Waals surface area (Å²) in [6.07, 6.45) is -0.245. The molecule has 2 aromatic rings. The Morgan fingerprint density at radius 2 is 1.71 bits per heavy atom. The van der Waals surface area contributed by atoms with Gasteiger partial charge >= 0.3 is 5.97 Å². The van der Waals surface area contributed by atoms with Crippen molar-refractivity contribution in [3.8, 4) is 11.1 Å².